The van der Waals surface area contributed by atoms with Gasteiger partial charge in [0.1, 0.15) is 0 Å². The largest absolute Gasteiger partial charge is 0.301 e. The fraction of sp³-hybridized carbons (Fsp3) is 0.571. The van der Waals surface area contributed by atoms with Gasteiger partial charge in [0.05, 0.1) is 10.7 Å². The zero-order valence-electron chi connectivity index (χ0n) is 12.6. The van der Waals surface area contributed by atoms with Crippen molar-refractivity contribution < 1.29 is 13.3 Å². The highest BCUT2D eigenvalue weighted by molar-refractivity contribution is 7.88. The summed E-state index contributed by atoms with van der Waals surface area (Å²) in [5, 5.41) is 11.0. The minimum atomic E-state index is -3.53. The van der Waals surface area contributed by atoms with E-state index in [2.05, 4.69) is 11.8 Å². The summed E-state index contributed by atoms with van der Waals surface area (Å²) >= 11 is 0. The van der Waals surface area contributed by atoms with Gasteiger partial charge < -0.3 is 4.90 Å². The molecule has 0 radical (unpaired) electrons. The second-order valence-electron chi connectivity index (χ2n) is 5.38. The maximum Gasteiger partial charge on any atom is 0.273 e. The monoisotopic (exact) mass is 327 g/mol. The molecule has 0 N–H and O–H groups in total. The lowest BCUT2D eigenvalue weighted by atomic mass is 10.2. The number of hydrogen-bond acceptors (Lipinski definition) is 5. The molecule has 0 atom stereocenters. The highest BCUT2D eigenvalue weighted by Gasteiger charge is 2.28. The van der Waals surface area contributed by atoms with Crippen LogP contribution in [0.4, 0.5) is 5.69 Å². The summed E-state index contributed by atoms with van der Waals surface area (Å²) in [6.45, 7) is 5.38. The molecule has 0 spiro atoms. The van der Waals surface area contributed by atoms with Crippen molar-refractivity contribution in [3.63, 3.8) is 0 Å². The Labute approximate surface area is 130 Å². The van der Waals surface area contributed by atoms with Crippen LogP contribution in [0.3, 0.4) is 0 Å². The lowest BCUT2D eigenvalue weighted by molar-refractivity contribution is -0.385. The molecule has 1 aromatic carbocycles. The Morgan fingerprint density at radius 1 is 1.18 bits per heavy atom. The number of nitrogens with zero attached hydrogens (tertiary/aromatic N) is 3. The van der Waals surface area contributed by atoms with E-state index in [1.54, 1.807) is 6.07 Å². The summed E-state index contributed by atoms with van der Waals surface area (Å²) in [6.07, 6.45) is 1.04. The van der Waals surface area contributed by atoms with Crippen LogP contribution in [0.1, 0.15) is 18.9 Å². The first-order chi connectivity index (χ1) is 10.4. The first-order valence-corrected chi connectivity index (χ1v) is 8.97. The Morgan fingerprint density at radius 3 is 2.41 bits per heavy atom. The van der Waals surface area contributed by atoms with Crippen molar-refractivity contribution in [3.8, 4) is 0 Å². The standard InChI is InChI=1S/C14H21N3O4S/c1-2-7-15-8-10-16(11-9-15)22(20,21)12-13-5-3-4-6-14(13)17(18)19/h3-6H,2,7-12H2,1H3. The Kier molecular flexibility index (Phi) is 5.49. The van der Waals surface area contributed by atoms with E-state index in [1.165, 1.54) is 22.5 Å². The second kappa shape index (κ2) is 7.17. The molecule has 7 nitrogen and oxygen atoms in total. The minimum absolute atomic E-state index is 0.143. The summed E-state index contributed by atoms with van der Waals surface area (Å²) < 4.78 is 26.4. The van der Waals surface area contributed by atoms with Gasteiger partial charge in [0.25, 0.3) is 5.69 Å². The summed E-state index contributed by atoms with van der Waals surface area (Å²) in [7, 11) is -3.53. The van der Waals surface area contributed by atoms with Gasteiger partial charge in [0, 0.05) is 37.8 Å². The summed E-state index contributed by atoms with van der Waals surface area (Å²) in [6, 6.07) is 6.00. The van der Waals surface area contributed by atoms with Crippen molar-refractivity contribution in [2.24, 2.45) is 0 Å². The fourth-order valence-corrected chi connectivity index (χ4v) is 4.19. The normalized spacial score (nSPS) is 17.5. The zero-order chi connectivity index (χ0) is 16.2. The van der Waals surface area contributed by atoms with E-state index in [4.69, 9.17) is 0 Å². The summed E-state index contributed by atoms with van der Waals surface area (Å²) in [5.41, 5.74) is 0.0965. The van der Waals surface area contributed by atoms with Crippen molar-refractivity contribution in [2.75, 3.05) is 32.7 Å². The summed E-state index contributed by atoms with van der Waals surface area (Å²) in [5.74, 6) is -0.321. The first kappa shape index (κ1) is 16.9. The average molecular weight is 327 g/mol. The molecule has 0 unspecified atom stereocenters. The summed E-state index contributed by atoms with van der Waals surface area (Å²) in [4.78, 5) is 12.7. The van der Waals surface area contributed by atoms with Crippen LogP contribution in [-0.4, -0.2) is 55.3 Å². The number of para-hydroxylation sites is 1. The van der Waals surface area contributed by atoms with Gasteiger partial charge in [0.2, 0.25) is 10.0 Å². The second-order valence-corrected chi connectivity index (χ2v) is 7.35. The Morgan fingerprint density at radius 2 is 1.82 bits per heavy atom. The molecule has 1 aliphatic rings. The molecular weight excluding hydrogens is 306 g/mol. The van der Waals surface area contributed by atoms with Crippen LogP contribution in [0.15, 0.2) is 24.3 Å². The third kappa shape index (κ3) is 4.02. The number of nitro benzene ring substituents is 1. The van der Waals surface area contributed by atoms with Crippen molar-refractivity contribution in [1.82, 2.24) is 9.21 Å². The molecule has 0 amide bonds. The Hall–Kier alpha value is -1.51. The highest BCUT2D eigenvalue weighted by Crippen LogP contribution is 2.22. The van der Waals surface area contributed by atoms with E-state index in [0.717, 1.165) is 13.0 Å². The van der Waals surface area contributed by atoms with Gasteiger partial charge in [-0.3, -0.25) is 10.1 Å². The van der Waals surface area contributed by atoms with Gasteiger partial charge in [-0.05, 0) is 13.0 Å². The highest BCUT2D eigenvalue weighted by atomic mass is 32.2. The Balaban J connectivity index is 2.08. The van der Waals surface area contributed by atoms with Gasteiger partial charge in [-0.25, -0.2) is 8.42 Å². The first-order valence-electron chi connectivity index (χ1n) is 7.36. The van der Waals surface area contributed by atoms with Gasteiger partial charge in [-0.1, -0.05) is 25.1 Å². The number of hydrogen-bond donors (Lipinski definition) is 0. The molecule has 122 valence electrons. The zero-order valence-corrected chi connectivity index (χ0v) is 13.5. The molecule has 0 saturated carbocycles. The average Bonchev–Trinajstić information content (AvgIpc) is 2.48. The Bertz CT molecular complexity index is 625. The van der Waals surface area contributed by atoms with Crippen LogP contribution in [0.25, 0.3) is 0 Å². The predicted octanol–water partition coefficient (Wildman–Crippen LogP) is 1.45. The van der Waals surface area contributed by atoms with E-state index in [0.29, 0.717) is 26.2 Å². The van der Waals surface area contributed by atoms with Crippen LogP contribution in [-0.2, 0) is 15.8 Å². The molecule has 0 aromatic heterocycles. The topological polar surface area (TPSA) is 83.8 Å². The van der Waals surface area contributed by atoms with E-state index < -0.39 is 14.9 Å². The van der Waals surface area contributed by atoms with E-state index in [9.17, 15) is 18.5 Å². The molecule has 1 aliphatic heterocycles. The maximum atomic E-state index is 12.5. The van der Waals surface area contributed by atoms with Crippen molar-refractivity contribution in [3.05, 3.63) is 39.9 Å². The fourth-order valence-electron chi connectivity index (χ4n) is 2.65. The van der Waals surface area contributed by atoms with Crippen molar-refractivity contribution in [1.29, 1.82) is 0 Å². The lowest BCUT2D eigenvalue weighted by Crippen LogP contribution is -2.48. The number of benzene rings is 1. The predicted molar refractivity (Wildman–Crippen MR) is 84.0 cm³/mol. The van der Waals surface area contributed by atoms with E-state index in [1.807, 2.05) is 0 Å². The van der Waals surface area contributed by atoms with Crippen LogP contribution in [0.2, 0.25) is 0 Å². The van der Waals surface area contributed by atoms with E-state index >= 15 is 0 Å². The molecule has 1 fully saturated rings. The van der Waals surface area contributed by atoms with Crippen LogP contribution in [0.5, 0.6) is 0 Å². The van der Waals surface area contributed by atoms with Gasteiger partial charge >= 0.3 is 0 Å². The smallest absolute Gasteiger partial charge is 0.273 e. The van der Waals surface area contributed by atoms with Crippen LogP contribution < -0.4 is 0 Å². The van der Waals surface area contributed by atoms with Gasteiger partial charge in [-0.15, -0.1) is 0 Å². The molecular formula is C14H21N3O4S. The lowest BCUT2D eigenvalue weighted by Gasteiger charge is -2.33. The van der Waals surface area contributed by atoms with Crippen LogP contribution >= 0.6 is 0 Å². The minimum Gasteiger partial charge on any atom is -0.301 e. The SMILES string of the molecule is CCCN1CCN(S(=O)(=O)Cc2ccccc2[N+](=O)[O-])CC1. The molecule has 22 heavy (non-hydrogen) atoms. The molecule has 1 heterocycles. The molecule has 0 bridgehead atoms. The molecule has 8 heteroatoms. The van der Waals surface area contributed by atoms with Crippen molar-refractivity contribution >= 4 is 15.7 Å². The number of piperazine rings is 1. The van der Waals surface area contributed by atoms with E-state index in [-0.39, 0.29) is 17.0 Å². The molecule has 2 rings (SSSR count). The van der Waals surface area contributed by atoms with Gasteiger partial charge in [-0.2, -0.15) is 4.31 Å². The van der Waals surface area contributed by atoms with Crippen LogP contribution in [0, 0.1) is 10.1 Å². The third-order valence-corrected chi connectivity index (χ3v) is 5.62. The molecule has 1 aromatic rings. The van der Waals surface area contributed by atoms with Crippen molar-refractivity contribution in [2.45, 2.75) is 19.1 Å². The number of sulfonamides is 1. The third-order valence-electron chi connectivity index (χ3n) is 3.79. The van der Waals surface area contributed by atoms with Gasteiger partial charge in [0.15, 0.2) is 0 Å². The number of nitro groups is 1. The number of rotatable bonds is 6. The maximum absolute atomic E-state index is 12.5. The quantitative estimate of drug-likeness (QED) is 0.583. The molecule has 1 saturated heterocycles. The molecule has 0 aliphatic carbocycles.